The van der Waals surface area contributed by atoms with Crippen molar-refractivity contribution in [1.29, 1.82) is 0 Å². The van der Waals surface area contributed by atoms with Gasteiger partial charge in [-0.15, -0.1) is 5.10 Å². The Balaban J connectivity index is 1.41. The van der Waals surface area contributed by atoms with Crippen molar-refractivity contribution < 1.29 is 19.0 Å². The van der Waals surface area contributed by atoms with Gasteiger partial charge in [0.05, 0.1) is 24.8 Å². The highest BCUT2D eigenvalue weighted by atomic mass is 19.1. The van der Waals surface area contributed by atoms with Gasteiger partial charge in [-0.25, -0.2) is 9.07 Å². The second kappa shape index (κ2) is 7.13. The summed E-state index contributed by atoms with van der Waals surface area (Å²) >= 11 is 0. The van der Waals surface area contributed by atoms with Crippen LogP contribution in [0.2, 0.25) is 0 Å². The van der Waals surface area contributed by atoms with Crippen molar-refractivity contribution in [3.8, 4) is 0 Å². The molecule has 2 aliphatic heterocycles. The number of aliphatic carboxylic acids is 1. The summed E-state index contributed by atoms with van der Waals surface area (Å²) in [6.07, 6.45) is 1.09. The standard InChI is InChI=1S/C18H21FN4O3/c19-14-3-1-2-13(8-14)17-10-23-16(11-26-17)15(20-21-23)9-22-6-4-12(5-7-22)18(24)25/h1-3,8,12,17H,4-7,9-11H2,(H,24,25)/t17-/m0/s1. The van der Waals surface area contributed by atoms with Crippen LogP contribution in [0.3, 0.4) is 0 Å². The van der Waals surface area contributed by atoms with Crippen molar-refractivity contribution in [3.63, 3.8) is 0 Å². The lowest BCUT2D eigenvalue weighted by Crippen LogP contribution is -2.36. The second-order valence-electron chi connectivity index (χ2n) is 6.91. The van der Waals surface area contributed by atoms with Crippen molar-refractivity contribution >= 4 is 5.97 Å². The molecule has 0 radical (unpaired) electrons. The van der Waals surface area contributed by atoms with Crippen LogP contribution in [-0.2, 0) is 29.2 Å². The van der Waals surface area contributed by atoms with Gasteiger partial charge in [-0.05, 0) is 43.6 Å². The van der Waals surface area contributed by atoms with Gasteiger partial charge < -0.3 is 9.84 Å². The number of piperidine rings is 1. The highest BCUT2D eigenvalue weighted by Crippen LogP contribution is 2.28. The predicted octanol–water partition coefficient (Wildman–Crippen LogP) is 1.99. The first kappa shape index (κ1) is 17.1. The van der Waals surface area contributed by atoms with E-state index in [4.69, 9.17) is 9.84 Å². The fourth-order valence-electron chi connectivity index (χ4n) is 3.64. The summed E-state index contributed by atoms with van der Waals surface area (Å²) in [5.41, 5.74) is 2.61. The predicted molar refractivity (Wildman–Crippen MR) is 89.6 cm³/mol. The number of aromatic nitrogens is 3. The highest BCUT2D eigenvalue weighted by molar-refractivity contribution is 5.70. The van der Waals surface area contributed by atoms with E-state index < -0.39 is 5.97 Å². The van der Waals surface area contributed by atoms with Crippen LogP contribution in [0.5, 0.6) is 0 Å². The Hall–Kier alpha value is -2.32. The number of nitrogens with zero attached hydrogens (tertiary/aromatic N) is 4. The first-order chi connectivity index (χ1) is 12.6. The number of rotatable bonds is 4. The normalized spacial score (nSPS) is 21.5. The summed E-state index contributed by atoms with van der Waals surface area (Å²) in [5, 5.41) is 17.6. The smallest absolute Gasteiger partial charge is 0.306 e. The average Bonchev–Trinajstić information content (AvgIpc) is 3.04. The monoisotopic (exact) mass is 360 g/mol. The third-order valence-electron chi connectivity index (χ3n) is 5.21. The fourth-order valence-corrected chi connectivity index (χ4v) is 3.64. The van der Waals surface area contributed by atoms with Gasteiger partial charge >= 0.3 is 5.97 Å². The van der Waals surface area contributed by atoms with Gasteiger partial charge in [-0.1, -0.05) is 17.3 Å². The molecule has 138 valence electrons. The molecule has 7 nitrogen and oxygen atoms in total. The summed E-state index contributed by atoms with van der Waals surface area (Å²) in [6, 6.07) is 6.43. The number of fused-ring (bicyclic) bond motifs is 1. The van der Waals surface area contributed by atoms with Crippen LogP contribution in [0.15, 0.2) is 24.3 Å². The number of hydrogen-bond acceptors (Lipinski definition) is 5. The molecule has 1 atom stereocenters. The third kappa shape index (κ3) is 3.47. The van der Waals surface area contributed by atoms with Crippen LogP contribution in [0.4, 0.5) is 4.39 Å². The van der Waals surface area contributed by atoms with Crippen molar-refractivity contribution in [1.82, 2.24) is 19.9 Å². The number of carbonyl (C=O) groups is 1. The average molecular weight is 360 g/mol. The van der Waals surface area contributed by atoms with Crippen LogP contribution in [0.25, 0.3) is 0 Å². The lowest BCUT2D eigenvalue weighted by molar-refractivity contribution is -0.143. The molecule has 26 heavy (non-hydrogen) atoms. The van der Waals surface area contributed by atoms with Gasteiger partial charge in [0.2, 0.25) is 0 Å². The maximum Gasteiger partial charge on any atom is 0.306 e. The maximum atomic E-state index is 13.4. The molecule has 0 amide bonds. The topological polar surface area (TPSA) is 80.5 Å². The molecule has 1 fully saturated rings. The lowest BCUT2D eigenvalue weighted by Gasteiger charge is -2.30. The molecule has 2 aromatic rings. The molecule has 1 aromatic carbocycles. The Morgan fingerprint density at radius 1 is 1.35 bits per heavy atom. The van der Waals surface area contributed by atoms with Crippen molar-refractivity contribution in [2.24, 2.45) is 5.92 Å². The Labute approximate surface area is 150 Å². The van der Waals surface area contributed by atoms with Crippen LogP contribution < -0.4 is 0 Å². The van der Waals surface area contributed by atoms with Crippen LogP contribution in [-0.4, -0.2) is 44.1 Å². The van der Waals surface area contributed by atoms with Gasteiger partial charge in [0.25, 0.3) is 0 Å². The van der Waals surface area contributed by atoms with E-state index >= 15 is 0 Å². The van der Waals surface area contributed by atoms with E-state index in [1.807, 2.05) is 10.7 Å². The molecule has 1 aromatic heterocycles. The summed E-state index contributed by atoms with van der Waals surface area (Å²) in [6.45, 7) is 3.03. The van der Waals surface area contributed by atoms with E-state index in [0.29, 0.717) is 32.5 Å². The number of carboxylic acid groups (broad SMARTS) is 1. The van der Waals surface area contributed by atoms with E-state index in [1.54, 1.807) is 6.07 Å². The molecular weight excluding hydrogens is 339 g/mol. The van der Waals surface area contributed by atoms with E-state index in [2.05, 4.69) is 15.2 Å². The minimum atomic E-state index is -0.706. The SMILES string of the molecule is O=C(O)C1CCN(Cc2nnn3c2CO[C@H](c2cccc(F)c2)C3)CC1. The number of halogens is 1. The largest absolute Gasteiger partial charge is 0.481 e. The number of carboxylic acids is 1. The number of ether oxygens (including phenoxy) is 1. The minimum absolute atomic E-state index is 0.237. The first-order valence-electron chi connectivity index (χ1n) is 8.83. The molecule has 0 unspecified atom stereocenters. The zero-order chi connectivity index (χ0) is 18.1. The van der Waals surface area contributed by atoms with E-state index in [1.165, 1.54) is 12.1 Å². The van der Waals surface area contributed by atoms with Gasteiger partial charge in [-0.3, -0.25) is 9.69 Å². The molecule has 0 spiro atoms. The number of hydrogen-bond donors (Lipinski definition) is 1. The van der Waals surface area contributed by atoms with E-state index in [-0.39, 0.29) is 17.8 Å². The summed E-state index contributed by atoms with van der Waals surface area (Å²) in [5.74, 6) is -1.22. The third-order valence-corrected chi connectivity index (χ3v) is 5.21. The molecule has 0 bridgehead atoms. The van der Waals surface area contributed by atoms with E-state index in [0.717, 1.165) is 30.0 Å². The molecular formula is C18H21FN4O3. The molecule has 1 saturated heterocycles. The van der Waals surface area contributed by atoms with Crippen molar-refractivity contribution in [3.05, 3.63) is 47.0 Å². The lowest BCUT2D eigenvalue weighted by atomic mass is 9.97. The number of likely N-dealkylation sites (tertiary alicyclic amines) is 1. The molecule has 3 heterocycles. The Bertz CT molecular complexity index is 801. The Kier molecular flexibility index (Phi) is 4.69. The zero-order valence-corrected chi connectivity index (χ0v) is 14.3. The summed E-state index contributed by atoms with van der Waals surface area (Å²) < 4.78 is 21.2. The summed E-state index contributed by atoms with van der Waals surface area (Å²) in [7, 11) is 0. The minimum Gasteiger partial charge on any atom is -0.481 e. The second-order valence-corrected chi connectivity index (χ2v) is 6.91. The maximum absolute atomic E-state index is 13.4. The molecule has 0 saturated carbocycles. The van der Waals surface area contributed by atoms with Crippen LogP contribution in [0.1, 0.15) is 35.9 Å². The first-order valence-corrected chi connectivity index (χ1v) is 8.83. The molecule has 2 aliphatic rings. The Morgan fingerprint density at radius 3 is 2.88 bits per heavy atom. The van der Waals surface area contributed by atoms with Gasteiger partial charge in [0.1, 0.15) is 17.6 Å². The van der Waals surface area contributed by atoms with Crippen molar-refractivity contribution in [2.45, 2.75) is 38.6 Å². The van der Waals surface area contributed by atoms with Crippen molar-refractivity contribution in [2.75, 3.05) is 13.1 Å². The van der Waals surface area contributed by atoms with Crippen LogP contribution >= 0.6 is 0 Å². The van der Waals surface area contributed by atoms with Gasteiger partial charge in [-0.2, -0.15) is 0 Å². The molecule has 4 rings (SSSR count). The van der Waals surface area contributed by atoms with Gasteiger partial charge in [0.15, 0.2) is 0 Å². The molecule has 1 N–H and O–H groups in total. The molecule has 8 heteroatoms. The van der Waals surface area contributed by atoms with Crippen LogP contribution in [0, 0.1) is 11.7 Å². The zero-order valence-electron chi connectivity index (χ0n) is 14.3. The fraction of sp³-hybridized carbons (Fsp3) is 0.500. The molecule has 0 aliphatic carbocycles. The summed E-state index contributed by atoms with van der Waals surface area (Å²) in [4.78, 5) is 13.3. The quantitative estimate of drug-likeness (QED) is 0.898. The highest BCUT2D eigenvalue weighted by Gasteiger charge is 2.28. The Morgan fingerprint density at radius 2 is 2.15 bits per heavy atom. The van der Waals surface area contributed by atoms with Gasteiger partial charge in [0, 0.05) is 6.54 Å². The number of benzene rings is 1. The van der Waals surface area contributed by atoms with E-state index in [9.17, 15) is 9.18 Å².